The summed E-state index contributed by atoms with van der Waals surface area (Å²) < 4.78 is 19.6. The van der Waals surface area contributed by atoms with Crippen LogP contribution in [-0.2, 0) is 13.7 Å². The van der Waals surface area contributed by atoms with E-state index in [1.807, 2.05) is 0 Å². The van der Waals surface area contributed by atoms with Gasteiger partial charge in [0.15, 0.2) is 0 Å². The lowest BCUT2D eigenvalue weighted by atomic mass is 10.3. The molecule has 0 N–H and O–H groups in total. The van der Waals surface area contributed by atoms with Gasteiger partial charge in [0.25, 0.3) is 5.19 Å². The molecule has 0 saturated heterocycles. The van der Waals surface area contributed by atoms with Crippen molar-refractivity contribution in [2.75, 3.05) is 0 Å². The van der Waals surface area contributed by atoms with Gasteiger partial charge < -0.3 is 9.26 Å². The Labute approximate surface area is 121 Å². The average molecular weight is 317 g/mol. The van der Waals surface area contributed by atoms with Crippen LogP contribution >= 0.6 is 22.9 Å². The predicted octanol–water partition coefficient (Wildman–Crippen LogP) is 0.643. The van der Waals surface area contributed by atoms with Crippen LogP contribution in [0.1, 0.15) is 6.93 Å². The second-order valence-electron chi connectivity index (χ2n) is 3.59. The van der Waals surface area contributed by atoms with Gasteiger partial charge in [0, 0.05) is 18.6 Å². The van der Waals surface area contributed by atoms with E-state index in [0.29, 0.717) is 10.8 Å². The van der Waals surface area contributed by atoms with E-state index in [1.165, 1.54) is 23.8 Å². The molecule has 0 spiro atoms. The van der Waals surface area contributed by atoms with Crippen molar-refractivity contribution in [2.24, 2.45) is 7.05 Å². The maximum atomic E-state index is 11.8. The van der Waals surface area contributed by atoms with Crippen LogP contribution in [0.25, 0.3) is 5.82 Å². The van der Waals surface area contributed by atoms with Gasteiger partial charge in [-0.2, -0.15) is 4.68 Å². The highest BCUT2D eigenvalue weighted by Gasteiger charge is 2.20. The van der Waals surface area contributed by atoms with Crippen LogP contribution in [0.5, 0.6) is 5.19 Å². The molecule has 104 valence electrons. The molecular formula is C9H7ClN6O3S. The molecule has 11 heteroatoms. The van der Waals surface area contributed by atoms with E-state index in [2.05, 4.69) is 20.6 Å². The second kappa shape index (κ2) is 5.06. The smallest absolute Gasteiger partial charge is 0.369 e. The van der Waals surface area contributed by atoms with Crippen molar-refractivity contribution in [1.82, 2.24) is 29.9 Å². The summed E-state index contributed by atoms with van der Waals surface area (Å²) in [7, 11) is 1.45. The second-order valence-corrected chi connectivity index (χ2v) is 4.75. The lowest BCUT2D eigenvalue weighted by Crippen LogP contribution is -2.23. The molecule has 0 atom stereocenters. The van der Waals surface area contributed by atoms with Gasteiger partial charge in [-0.15, -0.1) is 4.68 Å². The maximum absolute atomic E-state index is 11.8. The van der Waals surface area contributed by atoms with Crippen LogP contribution in [0, 0.1) is 0 Å². The lowest BCUT2D eigenvalue weighted by molar-refractivity contribution is 0.302. The number of hydrogen-bond acceptors (Lipinski definition) is 8. The number of rotatable bonds is 4. The molecule has 20 heavy (non-hydrogen) atoms. The molecule has 3 rings (SSSR count). The van der Waals surface area contributed by atoms with E-state index < -0.39 is 5.69 Å². The minimum absolute atomic E-state index is 0.0230. The molecule has 0 radical (unpaired) electrons. The Morgan fingerprint density at radius 1 is 1.60 bits per heavy atom. The third kappa shape index (κ3) is 2.18. The van der Waals surface area contributed by atoms with Gasteiger partial charge in [-0.3, -0.25) is 0 Å². The van der Waals surface area contributed by atoms with Crippen LogP contribution in [0.2, 0.25) is 5.22 Å². The Balaban J connectivity index is 1.90. The first-order valence-corrected chi connectivity index (χ1v) is 6.50. The van der Waals surface area contributed by atoms with E-state index in [0.717, 1.165) is 9.36 Å². The fourth-order valence-corrected chi connectivity index (χ4v) is 2.01. The van der Waals surface area contributed by atoms with E-state index in [-0.39, 0.29) is 23.8 Å². The first-order chi connectivity index (χ1) is 10.1. The Hall–Kier alpha value is -2.20. The summed E-state index contributed by atoms with van der Waals surface area (Å²) in [6, 6.07) is 0. The molecule has 0 unspecified atom stereocenters. The van der Waals surface area contributed by atoms with E-state index >= 15 is 0 Å². The van der Waals surface area contributed by atoms with Crippen molar-refractivity contribution < 1.29 is 10.6 Å². The lowest BCUT2D eigenvalue weighted by Gasteiger charge is -2.01. The molecule has 3 aromatic rings. The van der Waals surface area contributed by atoms with Crippen LogP contribution in [-0.4, -0.2) is 29.9 Å². The summed E-state index contributed by atoms with van der Waals surface area (Å²) in [5.74, 6) is 0.0979. The van der Waals surface area contributed by atoms with E-state index in [4.69, 9.17) is 22.2 Å². The standard InChI is InChI=1S/C9H7ClN6O3S/c1-15-9(17)16(14-13-15)7-5(6(10)19-12-7)4-18-8-11-2-3-20-8/h2-3H,4H2,1H3/i2T. The van der Waals surface area contributed by atoms with Gasteiger partial charge >= 0.3 is 5.69 Å². The van der Waals surface area contributed by atoms with Crippen LogP contribution in [0.15, 0.2) is 20.9 Å². The summed E-state index contributed by atoms with van der Waals surface area (Å²) in [5, 5.41) is 12.7. The number of aryl methyl sites for hydroxylation is 1. The predicted molar refractivity (Wildman–Crippen MR) is 68.1 cm³/mol. The number of tetrazole rings is 1. The van der Waals surface area contributed by atoms with Crippen LogP contribution < -0.4 is 10.4 Å². The van der Waals surface area contributed by atoms with Crippen molar-refractivity contribution in [2.45, 2.75) is 6.61 Å². The zero-order valence-corrected chi connectivity index (χ0v) is 11.6. The molecule has 0 aromatic carbocycles. The zero-order valence-electron chi connectivity index (χ0n) is 11.0. The van der Waals surface area contributed by atoms with Crippen molar-refractivity contribution in [3.05, 3.63) is 32.8 Å². The number of thiazole rings is 1. The highest BCUT2D eigenvalue weighted by molar-refractivity contribution is 7.11. The van der Waals surface area contributed by atoms with Gasteiger partial charge in [0.2, 0.25) is 11.0 Å². The maximum Gasteiger partial charge on any atom is 0.369 e. The molecule has 0 bridgehead atoms. The number of halogens is 1. The molecule has 9 nitrogen and oxygen atoms in total. The average Bonchev–Trinajstić information content (AvgIpc) is 3.11. The minimum Gasteiger partial charge on any atom is -0.465 e. The summed E-state index contributed by atoms with van der Waals surface area (Å²) in [5.41, 5.74) is -0.162. The first-order valence-electron chi connectivity index (χ1n) is 5.74. The molecule has 0 amide bonds. The quantitative estimate of drug-likeness (QED) is 0.696. The largest absolute Gasteiger partial charge is 0.465 e. The number of nitrogens with zero attached hydrogens (tertiary/aromatic N) is 6. The van der Waals surface area contributed by atoms with Gasteiger partial charge in [-0.1, -0.05) is 16.5 Å². The van der Waals surface area contributed by atoms with Crippen LogP contribution in [0.4, 0.5) is 0 Å². The Kier molecular flexibility index (Phi) is 2.94. The molecule has 3 heterocycles. The number of aromatic nitrogens is 6. The zero-order chi connectivity index (χ0) is 15.0. The highest BCUT2D eigenvalue weighted by Crippen LogP contribution is 2.24. The molecule has 0 saturated carbocycles. The topological polar surface area (TPSA) is 101 Å². The normalized spacial score (nSPS) is 11.6. The summed E-state index contributed by atoms with van der Waals surface area (Å²) >= 11 is 7.06. The highest BCUT2D eigenvalue weighted by atomic mass is 35.5. The monoisotopic (exact) mass is 316 g/mol. The van der Waals surface area contributed by atoms with Crippen LogP contribution in [0.3, 0.4) is 0 Å². The molecule has 0 fully saturated rings. The summed E-state index contributed by atoms with van der Waals surface area (Å²) in [4.78, 5) is 15.6. The van der Waals surface area contributed by atoms with Gasteiger partial charge in [-0.25, -0.2) is 9.78 Å². The Morgan fingerprint density at radius 3 is 3.10 bits per heavy atom. The van der Waals surface area contributed by atoms with Crippen molar-refractivity contribution in [1.29, 1.82) is 0 Å². The fourth-order valence-electron chi connectivity index (χ4n) is 1.40. The summed E-state index contributed by atoms with van der Waals surface area (Å²) in [6.45, 7) is -0.0341. The summed E-state index contributed by atoms with van der Waals surface area (Å²) in [6.07, 6.45) is 0.108. The molecule has 0 aliphatic heterocycles. The van der Waals surface area contributed by atoms with E-state index in [9.17, 15) is 4.79 Å². The number of ether oxygens (including phenoxy) is 1. The van der Waals surface area contributed by atoms with Crippen molar-refractivity contribution >= 4 is 22.9 Å². The molecular weight excluding hydrogens is 308 g/mol. The van der Waals surface area contributed by atoms with E-state index in [1.54, 1.807) is 0 Å². The fraction of sp³-hybridized carbons (Fsp3) is 0.222. The first kappa shape index (κ1) is 11.6. The molecule has 0 aliphatic carbocycles. The van der Waals surface area contributed by atoms with Gasteiger partial charge in [0.1, 0.15) is 6.61 Å². The van der Waals surface area contributed by atoms with Gasteiger partial charge in [0.05, 0.1) is 6.93 Å². The Morgan fingerprint density at radius 2 is 2.45 bits per heavy atom. The third-order valence-electron chi connectivity index (χ3n) is 2.35. The number of hydrogen-bond donors (Lipinski definition) is 0. The third-order valence-corrected chi connectivity index (χ3v) is 3.28. The molecule has 0 aliphatic rings. The van der Waals surface area contributed by atoms with Gasteiger partial charge in [-0.05, 0) is 22.0 Å². The van der Waals surface area contributed by atoms with Crippen molar-refractivity contribution in [3.8, 4) is 11.0 Å². The van der Waals surface area contributed by atoms with Crippen molar-refractivity contribution in [3.63, 3.8) is 0 Å². The SMILES string of the molecule is [3H]c1csc(OCc2c(-n3nnn(C)c3=O)noc2Cl)n1. The minimum atomic E-state index is -0.496. The molecule has 3 aromatic heterocycles. The Bertz CT molecular complexity index is 839.